The van der Waals surface area contributed by atoms with E-state index in [-0.39, 0.29) is 24.3 Å². The van der Waals surface area contributed by atoms with Crippen LogP contribution in [0, 0.1) is 0 Å². The number of benzene rings is 1. The number of rotatable bonds is 6. The van der Waals surface area contributed by atoms with Crippen LogP contribution in [0.25, 0.3) is 11.2 Å². The minimum atomic E-state index is -0.985. The summed E-state index contributed by atoms with van der Waals surface area (Å²) in [6.07, 6.45) is -0.985. The van der Waals surface area contributed by atoms with Crippen molar-refractivity contribution >= 4 is 40.3 Å². The Kier molecular flexibility index (Phi) is 6.47. The van der Waals surface area contributed by atoms with Crippen LogP contribution in [0.4, 0.5) is 5.95 Å². The molecule has 0 aliphatic carbocycles. The lowest BCUT2D eigenvalue weighted by Gasteiger charge is -2.28. The van der Waals surface area contributed by atoms with E-state index in [1.54, 1.807) is 29.8 Å². The van der Waals surface area contributed by atoms with Crippen LogP contribution in [-0.2, 0) is 25.4 Å². The van der Waals surface area contributed by atoms with Crippen LogP contribution in [0.2, 0.25) is 10.0 Å². The molecule has 1 fully saturated rings. The first-order valence-corrected chi connectivity index (χ1v) is 10.8. The van der Waals surface area contributed by atoms with Gasteiger partial charge in [0.25, 0.3) is 5.56 Å². The van der Waals surface area contributed by atoms with E-state index in [2.05, 4.69) is 4.98 Å². The molecule has 1 unspecified atom stereocenters. The molecule has 12 heteroatoms. The number of ether oxygens (including phenoxy) is 2. The third-order valence-corrected chi connectivity index (χ3v) is 5.87. The Morgan fingerprint density at radius 2 is 1.91 bits per heavy atom. The standard InChI is InChI=1S/C20H23Cl2N5O5/c1-24-17-16(18(29)25(2)20(24)30)27(19(23-17)26-5-7-31-8-6-26)10-13(28)11-32-15-4-3-12(21)9-14(15)22/h3-4,9,13,28H,5-8,10-11H2,1-2H3. The van der Waals surface area contributed by atoms with E-state index in [1.807, 2.05) is 4.90 Å². The molecule has 0 spiro atoms. The molecule has 1 N–H and O–H groups in total. The maximum absolute atomic E-state index is 13.0. The number of hydrogen-bond donors (Lipinski definition) is 1. The van der Waals surface area contributed by atoms with Crippen LogP contribution in [0.1, 0.15) is 0 Å². The highest BCUT2D eigenvalue weighted by Crippen LogP contribution is 2.28. The summed E-state index contributed by atoms with van der Waals surface area (Å²) in [6.45, 7) is 2.13. The van der Waals surface area contributed by atoms with Gasteiger partial charge in [-0.3, -0.25) is 13.9 Å². The number of hydrogen-bond acceptors (Lipinski definition) is 7. The van der Waals surface area contributed by atoms with E-state index in [1.165, 1.54) is 11.6 Å². The molecule has 1 aliphatic rings. The molecule has 1 atom stereocenters. The van der Waals surface area contributed by atoms with Crippen molar-refractivity contribution < 1.29 is 14.6 Å². The molecule has 0 bridgehead atoms. The summed E-state index contributed by atoms with van der Waals surface area (Å²) in [5.41, 5.74) is -0.459. The SMILES string of the molecule is Cn1c(=O)c2c(nc(N3CCOCC3)n2CC(O)COc2ccc(Cl)cc2Cl)n(C)c1=O. The fraction of sp³-hybridized carbons (Fsp3) is 0.450. The minimum absolute atomic E-state index is 0.0296. The lowest BCUT2D eigenvalue weighted by molar-refractivity contribution is 0.0927. The van der Waals surface area contributed by atoms with Crippen molar-refractivity contribution in [2.45, 2.75) is 12.6 Å². The summed E-state index contributed by atoms with van der Waals surface area (Å²) in [6, 6.07) is 4.81. The third-order valence-electron chi connectivity index (χ3n) is 5.34. The minimum Gasteiger partial charge on any atom is -0.489 e. The zero-order valence-electron chi connectivity index (χ0n) is 17.6. The van der Waals surface area contributed by atoms with Gasteiger partial charge in [0.1, 0.15) is 18.5 Å². The van der Waals surface area contributed by atoms with E-state index in [0.29, 0.717) is 48.0 Å². The molecular weight excluding hydrogens is 461 g/mol. The van der Waals surface area contributed by atoms with E-state index in [9.17, 15) is 14.7 Å². The average Bonchev–Trinajstić information content (AvgIpc) is 3.15. The van der Waals surface area contributed by atoms with Crippen LogP contribution >= 0.6 is 23.2 Å². The van der Waals surface area contributed by atoms with Gasteiger partial charge in [-0.25, -0.2) is 4.79 Å². The number of nitrogens with zero attached hydrogens (tertiary/aromatic N) is 5. The van der Waals surface area contributed by atoms with Gasteiger partial charge in [0.15, 0.2) is 11.2 Å². The van der Waals surface area contributed by atoms with Gasteiger partial charge in [0.05, 0.1) is 24.8 Å². The van der Waals surface area contributed by atoms with Gasteiger partial charge < -0.3 is 24.0 Å². The van der Waals surface area contributed by atoms with Crippen molar-refractivity contribution in [1.29, 1.82) is 0 Å². The van der Waals surface area contributed by atoms with Crippen molar-refractivity contribution in [3.8, 4) is 5.75 Å². The molecule has 10 nitrogen and oxygen atoms in total. The zero-order chi connectivity index (χ0) is 23.0. The molecule has 1 saturated heterocycles. The van der Waals surface area contributed by atoms with Gasteiger partial charge in [0, 0.05) is 32.2 Å². The first-order valence-electron chi connectivity index (χ1n) is 10.0. The van der Waals surface area contributed by atoms with Gasteiger partial charge in [-0.15, -0.1) is 0 Å². The lowest BCUT2D eigenvalue weighted by atomic mass is 10.3. The highest BCUT2D eigenvalue weighted by atomic mass is 35.5. The molecule has 1 aliphatic heterocycles. The predicted molar refractivity (Wildman–Crippen MR) is 121 cm³/mol. The van der Waals surface area contributed by atoms with Gasteiger partial charge in [-0.2, -0.15) is 4.98 Å². The number of fused-ring (bicyclic) bond motifs is 1. The molecule has 32 heavy (non-hydrogen) atoms. The van der Waals surface area contributed by atoms with Crippen molar-refractivity contribution in [1.82, 2.24) is 18.7 Å². The zero-order valence-corrected chi connectivity index (χ0v) is 19.1. The van der Waals surface area contributed by atoms with Gasteiger partial charge >= 0.3 is 5.69 Å². The highest BCUT2D eigenvalue weighted by molar-refractivity contribution is 6.35. The van der Waals surface area contributed by atoms with Crippen molar-refractivity contribution in [2.75, 3.05) is 37.8 Å². The second-order valence-electron chi connectivity index (χ2n) is 7.54. The maximum Gasteiger partial charge on any atom is 0.332 e. The van der Waals surface area contributed by atoms with Gasteiger partial charge in [-0.05, 0) is 18.2 Å². The Hall–Kier alpha value is -2.53. The summed E-state index contributed by atoms with van der Waals surface area (Å²) >= 11 is 12.0. The molecule has 3 heterocycles. The summed E-state index contributed by atoms with van der Waals surface area (Å²) in [5.74, 6) is 0.877. The van der Waals surface area contributed by atoms with Crippen LogP contribution < -0.4 is 20.9 Å². The number of aromatic nitrogens is 4. The topological polar surface area (TPSA) is 104 Å². The first kappa shape index (κ1) is 22.7. The number of imidazole rings is 1. The second kappa shape index (κ2) is 9.14. The monoisotopic (exact) mass is 483 g/mol. The Labute approximate surface area is 193 Å². The van der Waals surface area contributed by atoms with Crippen molar-refractivity contribution in [2.24, 2.45) is 14.1 Å². The summed E-state index contributed by atoms with van der Waals surface area (Å²) < 4.78 is 15.1. The molecule has 2 aromatic heterocycles. The Bertz CT molecular complexity index is 1260. The van der Waals surface area contributed by atoms with Crippen LogP contribution in [0.3, 0.4) is 0 Å². The molecule has 0 amide bonds. The Morgan fingerprint density at radius 3 is 2.59 bits per heavy atom. The largest absolute Gasteiger partial charge is 0.489 e. The van der Waals surface area contributed by atoms with E-state index in [0.717, 1.165) is 4.57 Å². The van der Waals surface area contributed by atoms with Crippen molar-refractivity contribution in [3.63, 3.8) is 0 Å². The quantitative estimate of drug-likeness (QED) is 0.557. The van der Waals surface area contributed by atoms with Crippen LogP contribution in [0.5, 0.6) is 5.75 Å². The summed E-state index contributed by atoms with van der Waals surface area (Å²) in [7, 11) is 2.98. The molecule has 0 radical (unpaired) electrons. The summed E-state index contributed by atoms with van der Waals surface area (Å²) in [4.78, 5) is 31.9. The molecular formula is C20H23Cl2N5O5. The van der Waals surface area contributed by atoms with Crippen LogP contribution in [0.15, 0.2) is 27.8 Å². The first-order chi connectivity index (χ1) is 15.3. The molecule has 172 valence electrons. The maximum atomic E-state index is 13.0. The number of aliphatic hydroxyl groups is 1. The average molecular weight is 484 g/mol. The molecule has 0 saturated carbocycles. The van der Waals surface area contributed by atoms with Gasteiger partial charge in [0.2, 0.25) is 5.95 Å². The summed E-state index contributed by atoms with van der Waals surface area (Å²) in [5, 5.41) is 11.5. The van der Waals surface area contributed by atoms with E-state index >= 15 is 0 Å². The Balaban J connectivity index is 1.69. The number of morpholine rings is 1. The van der Waals surface area contributed by atoms with E-state index in [4.69, 9.17) is 32.7 Å². The number of aryl methyl sites for hydroxylation is 1. The molecule has 4 rings (SSSR count). The fourth-order valence-electron chi connectivity index (χ4n) is 3.65. The fourth-order valence-corrected chi connectivity index (χ4v) is 4.12. The lowest BCUT2D eigenvalue weighted by Crippen LogP contribution is -2.39. The third kappa shape index (κ3) is 4.23. The molecule has 3 aromatic rings. The molecule has 1 aromatic carbocycles. The van der Waals surface area contributed by atoms with Gasteiger partial charge in [-0.1, -0.05) is 23.2 Å². The van der Waals surface area contributed by atoms with Crippen LogP contribution in [-0.4, -0.2) is 62.8 Å². The Morgan fingerprint density at radius 1 is 1.19 bits per heavy atom. The number of aliphatic hydroxyl groups excluding tert-OH is 1. The second-order valence-corrected chi connectivity index (χ2v) is 8.38. The number of halogens is 2. The normalized spacial score (nSPS) is 15.3. The van der Waals surface area contributed by atoms with Crippen molar-refractivity contribution in [3.05, 3.63) is 49.1 Å². The highest BCUT2D eigenvalue weighted by Gasteiger charge is 2.25. The smallest absolute Gasteiger partial charge is 0.332 e. The van der Waals surface area contributed by atoms with E-state index < -0.39 is 17.4 Å². The predicted octanol–water partition coefficient (Wildman–Crippen LogP) is 1.02. The number of anilines is 1.